The number of tetrazole rings is 1. The van der Waals surface area contributed by atoms with E-state index in [4.69, 9.17) is 5.26 Å². The Morgan fingerprint density at radius 1 is 1.04 bits per heavy atom. The highest BCUT2D eigenvalue weighted by Gasteiger charge is 2.31. The number of aromatic nitrogens is 6. The summed E-state index contributed by atoms with van der Waals surface area (Å²) in [4.78, 5) is 0. The zero-order valence-electron chi connectivity index (χ0n) is 12.0. The van der Waals surface area contributed by atoms with Crippen LogP contribution in [0, 0.1) is 11.3 Å². The zero-order valence-corrected chi connectivity index (χ0v) is 12.9. The van der Waals surface area contributed by atoms with Gasteiger partial charge in [0.15, 0.2) is 5.69 Å². The molecule has 126 valence electrons. The first-order valence-corrected chi connectivity index (χ1v) is 7.32. The molecule has 2 heterocycles. The Labute approximate surface area is 142 Å². The monoisotopic (exact) mass is 365 g/mol. The minimum Gasteiger partial charge on any atom is -0.406 e. The van der Waals surface area contributed by atoms with Gasteiger partial charge in [-0.1, -0.05) is 0 Å². The average molecular weight is 365 g/mol. The van der Waals surface area contributed by atoms with Crippen molar-refractivity contribution in [3.63, 3.8) is 0 Å². The summed E-state index contributed by atoms with van der Waals surface area (Å²) in [5.74, 6) is -0.350. The van der Waals surface area contributed by atoms with E-state index >= 15 is 0 Å². The van der Waals surface area contributed by atoms with Crippen LogP contribution >= 0.6 is 11.8 Å². The Morgan fingerprint density at radius 2 is 1.80 bits per heavy atom. The van der Waals surface area contributed by atoms with E-state index in [1.54, 1.807) is 6.07 Å². The predicted molar refractivity (Wildman–Crippen MR) is 76.7 cm³/mol. The molecular formula is C13H6F3N7OS. The number of ether oxygens (including phenoxy) is 1. The Balaban J connectivity index is 1.80. The summed E-state index contributed by atoms with van der Waals surface area (Å²) in [6, 6.07) is 9.99. The topological polar surface area (TPSA) is 102 Å². The van der Waals surface area contributed by atoms with Gasteiger partial charge < -0.3 is 4.74 Å². The highest BCUT2D eigenvalue weighted by atomic mass is 32.2. The van der Waals surface area contributed by atoms with Crippen molar-refractivity contribution >= 4 is 11.8 Å². The van der Waals surface area contributed by atoms with Crippen LogP contribution in [-0.2, 0) is 0 Å². The number of alkyl halides is 3. The normalized spacial score (nSPS) is 11.1. The largest absolute Gasteiger partial charge is 0.573 e. The van der Waals surface area contributed by atoms with Gasteiger partial charge in [0.2, 0.25) is 5.16 Å². The predicted octanol–water partition coefficient (Wildman–Crippen LogP) is 2.37. The van der Waals surface area contributed by atoms with Crippen molar-refractivity contribution in [3.8, 4) is 17.5 Å². The van der Waals surface area contributed by atoms with Crippen molar-refractivity contribution in [1.29, 1.82) is 5.26 Å². The van der Waals surface area contributed by atoms with Gasteiger partial charge >= 0.3 is 6.36 Å². The van der Waals surface area contributed by atoms with Crippen LogP contribution in [0.1, 0.15) is 5.69 Å². The molecular weight excluding hydrogens is 359 g/mol. The number of nitrogens with zero attached hydrogens (tertiary/aromatic N) is 7. The standard InChI is InChI=1S/C13H6F3N7OS/c14-13(15,16)24-10-4-2-9(3-5-10)23-12(20-21-22-23)25-11-6-1-8(7-17)18-19-11/h1-6H. The van der Waals surface area contributed by atoms with E-state index < -0.39 is 6.36 Å². The lowest BCUT2D eigenvalue weighted by molar-refractivity contribution is -0.274. The Kier molecular flexibility index (Phi) is 4.48. The van der Waals surface area contributed by atoms with Crippen LogP contribution in [0.15, 0.2) is 46.6 Å². The SMILES string of the molecule is N#Cc1ccc(Sc2nnnn2-c2ccc(OC(F)(F)F)cc2)nn1. The minimum atomic E-state index is -4.76. The number of hydrogen-bond donors (Lipinski definition) is 0. The summed E-state index contributed by atoms with van der Waals surface area (Å²) in [6.07, 6.45) is -4.76. The van der Waals surface area contributed by atoms with Crippen LogP contribution in [0.5, 0.6) is 5.75 Å². The molecule has 0 aliphatic heterocycles. The third kappa shape index (κ3) is 4.21. The van der Waals surface area contributed by atoms with Gasteiger partial charge in [0.05, 0.1) is 5.69 Å². The van der Waals surface area contributed by atoms with Crippen molar-refractivity contribution in [2.24, 2.45) is 0 Å². The van der Waals surface area contributed by atoms with Crippen LogP contribution in [0.3, 0.4) is 0 Å². The minimum absolute atomic E-state index is 0.171. The van der Waals surface area contributed by atoms with E-state index in [1.807, 2.05) is 6.07 Å². The van der Waals surface area contributed by atoms with Crippen LogP contribution in [0.4, 0.5) is 13.2 Å². The van der Waals surface area contributed by atoms with Crippen LogP contribution < -0.4 is 4.74 Å². The summed E-state index contributed by atoms with van der Waals surface area (Å²) >= 11 is 1.08. The van der Waals surface area contributed by atoms with E-state index in [-0.39, 0.29) is 11.4 Å². The molecule has 0 aliphatic rings. The smallest absolute Gasteiger partial charge is 0.406 e. The lowest BCUT2D eigenvalue weighted by Gasteiger charge is -2.09. The molecule has 0 amide bonds. The maximum atomic E-state index is 12.2. The number of nitriles is 1. The Morgan fingerprint density at radius 3 is 2.40 bits per heavy atom. The van der Waals surface area contributed by atoms with Gasteiger partial charge in [0, 0.05) is 0 Å². The maximum absolute atomic E-state index is 12.2. The van der Waals surface area contributed by atoms with Crippen molar-refractivity contribution in [2.45, 2.75) is 16.5 Å². The fourth-order valence-corrected chi connectivity index (χ4v) is 2.43. The van der Waals surface area contributed by atoms with Gasteiger partial charge in [0.25, 0.3) is 0 Å². The van der Waals surface area contributed by atoms with Gasteiger partial charge in [-0.15, -0.1) is 28.5 Å². The molecule has 0 saturated carbocycles. The van der Waals surface area contributed by atoms with Gasteiger partial charge in [-0.05, 0) is 58.6 Å². The second-order valence-corrected chi connectivity index (χ2v) is 5.37. The van der Waals surface area contributed by atoms with E-state index in [0.717, 1.165) is 23.9 Å². The first-order valence-electron chi connectivity index (χ1n) is 6.51. The molecule has 25 heavy (non-hydrogen) atoms. The van der Waals surface area contributed by atoms with E-state index in [0.29, 0.717) is 15.9 Å². The van der Waals surface area contributed by atoms with Crippen molar-refractivity contribution in [1.82, 2.24) is 30.4 Å². The molecule has 0 bridgehead atoms. The number of hydrogen-bond acceptors (Lipinski definition) is 8. The molecule has 0 atom stereocenters. The summed E-state index contributed by atoms with van der Waals surface area (Å²) in [5.41, 5.74) is 0.604. The third-order valence-corrected chi connectivity index (χ3v) is 3.57. The quantitative estimate of drug-likeness (QED) is 0.694. The van der Waals surface area contributed by atoms with Gasteiger partial charge in [-0.25, -0.2) is 0 Å². The summed E-state index contributed by atoms with van der Waals surface area (Å²) < 4.78 is 41.7. The van der Waals surface area contributed by atoms with Gasteiger partial charge in [-0.2, -0.15) is 9.94 Å². The molecule has 0 N–H and O–H groups in total. The summed E-state index contributed by atoms with van der Waals surface area (Å²) in [7, 11) is 0. The Hall–Kier alpha value is -3.20. The first kappa shape index (κ1) is 16.7. The van der Waals surface area contributed by atoms with Crippen molar-refractivity contribution in [2.75, 3.05) is 0 Å². The summed E-state index contributed by atoms with van der Waals surface area (Å²) in [6.45, 7) is 0. The van der Waals surface area contributed by atoms with Gasteiger partial charge in [0.1, 0.15) is 16.8 Å². The fourth-order valence-electron chi connectivity index (χ4n) is 1.72. The Bertz CT molecular complexity index is 903. The molecule has 2 aromatic heterocycles. The third-order valence-electron chi connectivity index (χ3n) is 2.71. The van der Waals surface area contributed by atoms with Crippen LogP contribution in [0.2, 0.25) is 0 Å². The molecule has 0 saturated heterocycles. The molecule has 3 rings (SSSR count). The molecule has 8 nitrogen and oxygen atoms in total. The number of benzene rings is 1. The molecule has 3 aromatic rings. The molecule has 0 radical (unpaired) electrons. The lowest BCUT2D eigenvalue weighted by Crippen LogP contribution is -2.17. The zero-order chi connectivity index (χ0) is 17.9. The van der Waals surface area contributed by atoms with Crippen molar-refractivity contribution < 1.29 is 17.9 Å². The van der Waals surface area contributed by atoms with Crippen LogP contribution in [0.25, 0.3) is 5.69 Å². The molecule has 0 fully saturated rings. The molecule has 0 spiro atoms. The molecule has 0 aliphatic carbocycles. The summed E-state index contributed by atoms with van der Waals surface area (Å²) in [5, 5.41) is 28.2. The highest BCUT2D eigenvalue weighted by molar-refractivity contribution is 7.99. The first-order chi connectivity index (χ1) is 11.9. The van der Waals surface area contributed by atoms with E-state index in [1.165, 1.54) is 22.9 Å². The molecule has 1 aromatic carbocycles. The van der Waals surface area contributed by atoms with Crippen LogP contribution in [-0.4, -0.2) is 36.8 Å². The highest BCUT2D eigenvalue weighted by Crippen LogP contribution is 2.27. The number of rotatable bonds is 4. The average Bonchev–Trinajstić information content (AvgIpc) is 3.03. The second-order valence-electron chi connectivity index (χ2n) is 4.39. The molecule has 0 unspecified atom stereocenters. The number of halogens is 3. The van der Waals surface area contributed by atoms with E-state index in [9.17, 15) is 13.2 Å². The fraction of sp³-hybridized carbons (Fsp3) is 0.0769. The van der Waals surface area contributed by atoms with Crippen molar-refractivity contribution in [3.05, 3.63) is 42.1 Å². The second kappa shape index (κ2) is 6.73. The molecule has 12 heteroatoms. The van der Waals surface area contributed by atoms with E-state index in [2.05, 4.69) is 30.5 Å². The maximum Gasteiger partial charge on any atom is 0.573 e. The van der Waals surface area contributed by atoms with Gasteiger partial charge in [-0.3, -0.25) is 0 Å². The lowest BCUT2D eigenvalue weighted by atomic mass is 10.3.